The predicted molar refractivity (Wildman–Crippen MR) is 106 cm³/mol. The van der Waals surface area contributed by atoms with Crippen LogP contribution in [0.5, 0.6) is 17.4 Å². The molecular weight excluding hydrogens is 421 g/mol. The molecule has 3 rings (SSSR count). The minimum Gasteiger partial charge on any atom is -0.497 e. The minimum absolute atomic E-state index is 0.118. The summed E-state index contributed by atoms with van der Waals surface area (Å²) in [4.78, 5) is 8.90. The fourth-order valence-electron chi connectivity index (χ4n) is 2.36. The van der Waals surface area contributed by atoms with Gasteiger partial charge < -0.3 is 14.3 Å². The van der Waals surface area contributed by atoms with Crippen LogP contribution in [0.25, 0.3) is 0 Å². The highest BCUT2D eigenvalue weighted by Crippen LogP contribution is 2.34. The van der Waals surface area contributed by atoms with Crippen molar-refractivity contribution >= 4 is 17.8 Å². The van der Waals surface area contributed by atoms with Gasteiger partial charge in [0, 0.05) is 6.20 Å². The van der Waals surface area contributed by atoms with Gasteiger partial charge in [-0.05, 0) is 53.6 Å². The van der Waals surface area contributed by atoms with E-state index in [0.717, 1.165) is 22.9 Å². The highest BCUT2D eigenvalue weighted by atomic mass is 35.5. The van der Waals surface area contributed by atoms with Crippen LogP contribution in [-0.2, 0) is 17.6 Å². The summed E-state index contributed by atoms with van der Waals surface area (Å²) >= 11 is 5.84. The number of aromatic nitrogens is 1. The third-order valence-electron chi connectivity index (χ3n) is 3.87. The van der Waals surface area contributed by atoms with Crippen molar-refractivity contribution in [1.29, 1.82) is 0 Å². The van der Waals surface area contributed by atoms with Gasteiger partial charge in [-0.15, -0.1) is 0 Å². The van der Waals surface area contributed by atoms with E-state index in [2.05, 4.69) is 10.1 Å². The maximum absolute atomic E-state index is 12.7. The van der Waals surface area contributed by atoms with Crippen LogP contribution in [0.2, 0.25) is 5.02 Å². The highest BCUT2D eigenvalue weighted by molar-refractivity contribution is 6.31. The van der Waals surface area contributed by atoms with Crippen molar-refractivity contribution < 1.29 is 27.5 Å². The molecule has 156 valence electrons. The summed E-state index contributed by atoms with van der Waals surface area (Å²) in [6.07, 6.45) is -2.33. The largest absolute Gasteiger partial charge is 0.497 e. The Morgan fingerprint density at radius 2 is 1.83 bits per heavy atom. The van der Waals surface area contributed by atoms with E-state index in [9.17, 15) is 13.2 Å². The molecule has 0 aliphatic carbocycles. The maximum atomic E-state index is 12.7. The van der Waals surface area contributed by atoms with Crippen molar-refractivity contribution in [3.63, 3.8) is 0 Å². The molecule has 0 bridgehead atoms. The van der Waals surface area contributed by atoms with E-state index < -0.39 is 11.7 Å². The Balaban J connectivity index is 1.56. The monoisotopic (exact) mass is 436 g/mol. The average molecular weight is 437 g/mol. The molecule has 1 aromatic heterocycles. The number of oxime groups is 1. The molecule has 1 heterocycles. The zero-order valence-electron chi connectivity index (χ0n) is 15.7. The number of ether oxygens (including phenoxy) is 2. The summed E-state index contributed by atoms with van der Waals surface area (Å²) in [7, 11) is 1.59. The second kappa shape index (κ2) is 9.49. The van der Waals surface area contributed by atoms with Gasteiger partial charge in [0.15, 0.2) is 0 Å². The summed E-state index contributed by atoms with van der Waals surface area (Å²) in [5, 5.41) is 3.67. The van der Waals surface area contributed by atoms with Crippen molar-refractivity contribution in [3.05, 3.63) is 82.5 Å². The van der Waals surface area contributed by atoms with Crippen molar-refractivity contribution in [1.82, 2.24) is 4.98 Å². The standard InChI is InChI=1S/C21H16ClF3N2O3/c1-28-18-4-2-3-15(9-18)13-29-27-11-14-5-7-17(8-6-14)30-20-19(22)10-16(12-26-20)21(23,24)25/h2-12H,13H2,1H3. The van der Waals surface area contributed by atoms with Crippen LogP contribution in [0.15, 0.2) is 65.9 Å². The Hall–Kier alpha value is -3.26. The topological polar surface area (TPSA) is 52.9 Å². The van der Waals surface area contributed by atoms with E-state index in [1.54, 1.807) is 31.4 Å². The molecule has 0 N–H and O–H groups in total. The quantitative estimate of drug-likeness (QED) is 0.331. The predicted octanol–water partition coefficient (Wildman–Crippen LogP) is 6.11. The lowest BCUT2D eigenvalue weighted by Crippen LogP contribution is -2.05. The number of benzene rings is 2. The Labute approximate surface area is 175 Å². The van der Waals surface area contributed by atoms with Crippen LogP contribution in [0.4, 0.5) is 13.2 Å². The fraction of sp³-hybridized carbons (Fsp3) is 0.143. The Kier molecular flexibility index (Phi) is 6.79. The second-order valence-electron chi connectivity index (χ2n) is 6.04. The van der Waals surface area contributed by atoms with E-state index in [-0.39, 0.29) is 17.5 Å². The number of hydrogen-bond donors (Lipinski definition) is 0. The number of nitrogens with zero attached hydrogens (tertiary/aromatic N) is 2. The lowest BCUT2D eigenvalue weighted by molar-refractivity contribution is -0.137. The zero-order valence-corrected chi connectivity index (χ0v) is 16.4. The van der Waals surface area contributed by atoms with Gasteiger partial charge in [-0.25, -0.2) is 4.98 Å². The van der Waals surface area contributed by atoms with E-state index in [0.29, 0.717) is 11.9 Å². The van der Waals surface area contributed by atoms with Gasteiger partial charge in [-0.1, -0.05) is 28.9 Å². The molecule has 0 amide bonds. The van der Waals surface area contributed by atoms with Crippen LogP contribution < -0.4 is 9.47 Å². The molecule has 0 fully saturated rings. The van der Waals surface area contributed by atoms with Gasteiger partial charge in [0.1, 0.15) is 23.1 Å². The number of rotatable bonds is 7. The number of halogens is 4. The van der Waals surface area contributed by atoms with Gasteiger partial charge in [0.05, 0.1) is 18.9 Å². The maximum Gasteiger partial charge on any atom is 0.417 e. The lowest BCUT2D eigenvalue weighted by atomic mass is 10.2. The van der Waals surface area contributed by atoms with E-state index in [4.69, 9.17) is 25.9 Å². The number of pyridine rings is 1. The molecule has 0 saturated heterocycles. The molecule has 0 aliphatic rings. The van der Waals surface area contributed by atoms with Gasteiger partial charge in [0.25, 0.3) is 0 Å². The van der Waals surface area contributed by atoms with Crippen molar-refractivity contribution in [2.45, 2.75) is 12.8 Å². The van der Waals surface area contributed by atoms with Crippen molar-refractivity contribution in [2.24, 2.45) is 5.16 Å². The van der Waals surface area contributed by atoms with Gasteiger partial charge in [-0.2, -0.15) is 13.2 Å². The first-order chi connectivity index (χ1) is 14.3. The van der Waals surface area contributed by atoms with Crippen LogP contribution >= 0.6 is 11.6 Å². The molecule has 9 heteroatoms. The van der Waals surface area contributed by atoms with Crippen LogP contribution in [0.1, 0.15) is 16.7 Å². The number of methoxy groups -OCH3 is 1. The average Bonchev–Trinajstić information content (AvgIpc) is 2.73. The Morgan fingerprint density at radius 3 is 2.50 bits per heavy atom. The minimum atomic E-state index is -4.52. The first-order valence-electron chi connectivity index (χ1n) is 8.64. The molecule has 0 atom stereocenters. The SMILES string of the molecule is COc1cccc(CON=Cc2ccc(Oc3ncc(C(F)(F)F)cc3Cl)cc2)c1. The van der Waals surface area contributed by atoms with Crippen LogP contribution in [0, 0.1) is 0 Å². The summed E-state index contributed by atoms with van der Waals surface area (Å²) in [6.45, 7) is 0.285. The fourth-order valence-corrected chi connectivity index (χ4v) is 2.57. The Morgan fingerprint density at radius 1 is 1.07 bits per heavy atom. The smallest absolute Gasteiger partial charge is 0.417 e. The van der Waals surface area contributed by atoms with E-state index in [1.165, 1.54) is 6.21 Å². The summed E-state index contributed by atoms with van der Waals surface area (Å²) < 4.78 is 48.6. The molecule has 0 unspecified atom stereocenters. The van der Waals surface area contributed by atoms with Crippen LogP contribution in [-0.4, -0.2) is 18.3 Å². The van der Waals surface area contributed by atoms with E-state index >= 15 is 0 Å². The normalized spacial score (nSPS) is 11.5. The lowest BCUT2D eigenvalue weighted by Gasteiger charge is -2.10. The summed E-state index contributed by atoms with van der Waals surface area (Å²) in [5.74, 6) is 0.977. The third-order valence-corrected chi connectivity index (χ3v) is 4.14. The number of hydrogen-bond acceptors (Lipinski definition) is 5. The molecule has 0 saturated carbocycles. The molecule has 0 aliphatic heterocycles. The molecule has 5 nitrogen and oxygen atoms in total. The molecule has 30 heavy (non-hydrogen) atoms. The highest BCUT2D eigenvalue weighted by Gasteiger charge is 2.31. The molecule has 2 aromatic carbocycles. The van der Waals surface area contributed by atoms with Crippen LogP contribution in [0.3, 0.4) is 0 Å². The molecule has 0 spiro atoms. The zero-order chi connectivity index (χ0) is 21.6. The van der Waals surface area contributed by atoms with Crippen molar-refractivity contribution in [3.8, 4) is 17.4 Å². The molecule has 0 radical (unpaired) electrons. The second-order valence-corrected chi connectivity index (χ2v) is 6.45. The molecule has 3 aromatic rings. The van der Waals surface area contributed by atoms with Gasteiger partial charge >= 0.3 is 6.18 Å². The first-order valence-corrected chi connectivity index (χ1v) is 9.02. The van der Waals surface area contributed by atoms with E-state index in [1.807, 2.05) is 24.3 Å². The summed E-state index contributed by atoms with van der Waals surface area (Å²) in [6, 6.07) is 14.8. The van der Waals surface area contributed by atoms with Crippen molar-refractivity contribution in [2.75, 3.05) is 7.11 Å². The Bertz CT molecular complexity index is 1020. The van der Waals surface area contributed by atoms with Gasteiger partial charge in [-0.3, -0.25) is 0 Å². The first kappa shape index (κ1) is 21.4. The van der Waals surface area contributed by atoms with Gasteiger partial charge in [0.2, 0.25) is 5.88 Å². The third kappa shape index (κ3) is 5.87. The number of alkyl halides is 3. The summed E-state index contributed by atoms with van der Waals surface area (Å²) in [5.41, 5.74) is 0.705. The molecular formula is C21H16ClF3N2O3.